The molecule has 3 heterocycles. The molecule has 1 atom stereocenters. The Kier molecular flexibility index (Phi) is 7.49. The smallest absolute Gasteiger partial charge is 0.252 e. The summed E-state index contributed by atoms with van der Waals surface area (Å²) < 4.78 is 40.6. The maximum Gasteiger partial charge on any atom is 0.252 e. The largest absolute Gasteiger partial charge is 0.350 e. The van der Waals surface area contributed by atoms with Crippen molar-refractivity contribution >= 4 is 28.8 Å². The molecule has 0 aliphatic carbocycles. The summed E-state index contributed by atoms with van der Waals surface area (Å²) in [5, 5.41) is 4.08. The van der Waals surface area contributed by atoms with Gasteiger partial charge in [-0.2, -0.15) is 0 Å². The standard InChI is InChI=1S/C23H23ClF3N5OS/c1-2-20-28-13-19(34-20)18(32-7-5-23(26,27)6-8-32)12-31-22(33)16-9-14(3-4-17(16)24)21-29-10-15(25)11-30-21/h3-4,9-11,13,18H,2,5-8,12H2,1H3,(H,31,33). The van der Waals surface area contributed by atoms with Crippen LogP contribution in [0.2, 0.25) is 5.02 Å². The third-order valence-electron chi connectivity index (χ3n) is 5.72. The molecule has 1 aromatic carbocycles. The van der Waals surface area contributed by atoms with Gasteiger partial charge in [-0.05, 0) is 24.6 Å². The van der Waals surface area contributed by atoms with Crippen LogP contribution in [0.4, 0.5) is 13.2 Å². The van der Waals surface area contributed by atoms with Gasteiger partial charge < -0.3 is 5.32 Å². The van der Waals surface area contributed by atoms with Crippen molar-refractivity contribution in [3.05, 3.63) is 63.1 Å². The average molecular weight is 510 g/mol. The number of halogens is 4. The van der Waals surface area contributed by atoms with E-state index in [2.05, 4.69) is 20.3 Å². The zero-order valence-corrected chi connectivity index (χ0v) is 20.0. The lowest BCUT2D eigenvalue weighted by Gasteiger charge is -2.37. The summed E-state index contributed by atoms with van der Waals surface area (Å²) in [6.45, 7) is 2.67. The minimum atomic E-state index is -2.66. The van der Waals surface area contributed by atoms with E-state index in [0.29, 0.717) is 5.56 Å². The van der Waals surface area contributed by atoms with E-state index in [-0.39, 0.29) is 54.9 Å². The van der Waals surface area contributed by atoms with E-state index in [1.54, 1.807) is 24.4 Å². The van der Waals surface area contributed by atoms with Gasteiger partial charge in [0.1, 0.15) is 0 Å². The van der Waals surface area contributed by atoms with Crippen LogP contribution in [0.3, 0.4) is 0 Å². The Morgan fingerprint density at radius 1 is 1.21 bits per heavy atom. The number of benzene rings is 1. The maximum absolute atomic E-state index is 13.7. The van der Waals surface area contributed by atoms with E-state index in [4.69, 9.17) is 11.6 Å². The third kappa shape index (κ3) is 5.73. The molecule has 1 fully saturated rings. The molecule has 0 spiro atoms. The van der Waals surface area contributed by atoms with Gasteiger partial charge >= 0.3 is 0 Å². The predicted molar refractivity (Wildman–Crippen MR) is 125 cm³/mol. The number of alkyl halides is 2. The Hall–Kier alpha value is -2.56. The molecule has 0 radical (unpaired) electrons. The van der Waals surface area contributed by atoms with E-state index in [9.17, 15) is 18.0 Å². The SMILES string of the molecule is CCc1ncc(C(CNC(=O)c2cc(-c3ncc(F)cn3)ccc2Cl)N2CCC(F)(F)CC2)s1. The second-order valence-corrected chi connectivity index (χ2v) is 9.60. The fraction of sp³-hybridized carbons (Fsp3) is 0.391. The molecule has 1 amide bonds. The number of aryl methyl sites for hydroxylation is 1. The summed E-state index contributed by atoms with van der Waals surface area (Å²) in [4.78, 5) is 28.2. The van der Waals surface area contributed by atoms with Gasteiger partial charge in [-0.1, -0.05) is 18.5 Å². The van der Waals surface area contributed by atoms with Crippen LogP contribution in [0.25, 0.3) is 11.4 Å². The fourth-order valence-corrected chi connectivity index (χ4v) is 5.00. The van der Waals surface area contributed by atoms with Crippen LogP contribution in [-0.4, -0.2) is 51.3 Å². The highest BCUT2D eigenvalue weighted by molar-refractivity contribution is 7.11. The number of thiazole rings is 1. The maximum atomic E-state index is 13.7. The number of aromatic nitrogens is 3. The van der Waals surface area contributed by atoms with Crippen LogP contribution in [-0.2, 0) is 6.42 Å². The summed E-state index contributed by atoms with van der Waals surface area (Å²) in [7, 11) is 0. The molecule has 1 aliphatic rings. The highest BCUT2D eigenvalue weighted by Gasteiger charge is 2.37. The number of hydrogen-bond donors (Lipinski definition) is 1. The van der Waals surface area contributed by atoms with E-state index >= 15 is 0 Å². The van der Waals surface area contributed by atoms with E-state index in [1.165, 1.54) is 11.3 Å². The molecule has 1 saturated heterocycles. The van der Waals surface area contributed by atoms with Crippen molar-refractivity contribution in [1.82, 2.24) is 25.2 Å². The highest BCUT2D eigenvalue weighted by Crippen LogP contribution is 2.34. The van der Waals surface area contributed by atoms with Crippen molar-refractivity contribution in [3.8, 4) is 11.4 Å². The number of hydrogen-bond acceptors (Lipinski definition) is 6. The van der Waals surface area contributed by atoms with Crippen LogP contribution < -0.4 is 5.32 Å². The Labute approximate surface area is 204 Å². The second-order valence-electron chi connectivity index (χ2n) is 8.05. The molecule has 1 aliphatic heterocycles. The number of piperidine rings is 1. The Morgan fingerprint density at radius 2 is 1.91 bits per heavy atom. The number of nitrogens with one attached hydrogen (secondary N) is 1. The third-order valence-corrected chi connectivity index (χ3v) is 7.29. The number of likely N-dealkylation sites (tertiary alicyclic amines) is 1. The van der Waals surface area contributed by atoms with E-state index < -0.39 is 17.6 Å². The molecule has 11 heteroatoms. The normalized spacial score (nSPS) is 16.9. The van der Waals surface area contributed by atoms with Gasteiger partial charge in [-0.25, -0.2) is 28.1 Å². The second kappa shape index (κ2) is 10.4. The van der Waals surface area contributed by atoms with Gasteiger partial charge in [0.05, 0.1) is 34.0 Å². The molecule has 0 saturated carbocycles. The Bertz CT molecular complexity index is 1150. The molecule has 1 unspecified atom stereocenters. The number of amides is 1. The first kappa shape index (κ1) is 24.6. The van der Waals surface area contributed by atoms with Gasteiger partial charge in [-0.15, -0.1) is 11.3 Å². The predicted octanol–water partition coefficient (Wildman–Crippen LogP) is 5.16. The molecular formula is C23H23ClF3N5OS. The number of carbonyl (C=O) groups is 1. The number of carbonyl (C=O) groups excluding carboxylic acids is 1. The van der Waals surface area contributed by atoms with Crippen molar-refractivity contribution in [2.75, 3.05) is 19.6 Å². The van der Waals surface area contributed by atoms with Crippen LogP contribution in [0, 0.1) is 5.82 Å². The molecule has 1 N–H and O–H groups in total. The molecule has 34 heavy (non-hydrogen) atoms. The fourth-order valence-electron chi connectivity index (χ4n) is 3.80. The van der Waals surface area contributed by atoms with Crippen molar-refractivity contribution in [1.29, 1.82) is 0 Å². The number of rotatable bonds is 7. The lowest BCUT2D eigenvalue weighted by Crippen LogP contribution is -2.44. The van der Waals surface area contributed by atoms with Gasteiger partial charge in [0, 0.05) is 49.1 Å². The van der Waals surface area contributed by atoms with Crippen LogP contribution >= 0.6 is 22.9 Å². The van der Waals surface area contributed by atoms with Crippen LogP contribution in [0.15, 0.2) is 36.8 Å². The van der Waals surface area contributed by atoms with Crippen molar-refractivity contribution < 1.29 is 18.0 Å². The lowest BCUT2D eigenvalue weighted by atomic mass is 10.0. The Morgan fingerprint density at radius 3 is 2.56 bits per heavy atom. The quantitative estimate of drug-likeness (QED) is 0.476. The first-order chi connectivity index (χ1) is 16.3. The summed E-state index contributed by atoms with van der Waals surface area (Å²) in [6.07, 6.45) is 4.18. The number of nitrogens with zero attached hydrogens (tertiary/aromatic N) is 4. The first-order valence-corrected chi connectivity index (χ1v) is 12.1. The minimum Gasteiger partial charge on any atom is -0.350 e. The molecule has 6 nitrogen and oxygen atoms in total. The minimum absolute atomic E-state index is 0.212. The van der Waals surface area contributed by atoms with Gasteiger partial charge in [-0.3, -0.25) is 9.69 Å². The zero-order valence-electron chi connectivity index (χ0n) is 18.4. The molecule has 180 valence electrons. The van der Waals surface area contributed by atoms with Crippen LogP contribution in [0.5, 0.6) is 0 Å². The van der Waals surface area contributed by atoms with Gasteiger partial charge in [0.2, 0.25) is 0 Å². The summed E-state index contributed by atoms with van der Waals surface area (Å²) in [6, 6.07) is 4.47. The molecule has 0 bridgehead atoms. The summed E-state index contributed by atoms with van der Waals surface area (Å²) in [5.74, 6) is -3.38. The average Bonchev–Trinajstić information content (AvgIpc) is 3.30. The molecule has 4 rings (SSSR count). The topological polar surface area (TPSA) is 71.0 Å². The first-order valence-electron chi connectivity index (χ1n) is 10.9. The highest BCUT2D eigenvalue weighted by atomic mass is 35.5. The Balaban J connectivity index is 1.52. The van der Waals surface area contributed by atoms with Crippen molar-refractivity contribution in [2.24, 2.45) is 0 Å². The summed E-state index contributed by atoms with van der Waals surface area (Å²) in [5.41, 5.74) is 0.731. The van der Waals surface area contributed by atoms with Crippen LogP contribution in [0.1, 0.15) is 46.0 Å². The molecular weight excluding hydrogens is 487 g/mol. The zero-order chi connectivity index (χ0) is 24.3. The van der Waals surface area contributed by atoms with Gasteiger partial charge in [0.25, 0.3) is 11.8 Å². The lowest BCUT2D eigenvalue weighted by molar-refractivity contribution is -0.0629. The van der Waals surface area contributed by atoms with E-state index in [0.717, 1.165) is 28.7 Å². The van der Waals surface area contributed by atoms with Gasteiger partial charge in [0.15, 0.2) is 11.6 Å². The van der Waals surface area contributed by atoms with Crippen molar-refractivity contribution in [3.63, 3.8) is 0 Å². The summed E-state index contributed by atoms with van der Waals surface area (Å²) >= 11 is 7.80. The van der Waals surface area contributed by atoms with E-state index in [1.807, 2.05) is 11.8 Å². The molecule has 2 aromatic heterocycles. The van der Waals surface area contributed by atoms with Crippen molar-refractivity contribution in [2.45, 2.75) is 38.2 Å². The monoisotopic (exact) mass is 509 g/mol. The molecule has 3 aromatic rings.